The van der Waals surface area contributed by atoms with E-state index in [9.17, 15) is 0 Å². The van der Waals surface area contributed by atoms with Crippen molar-refractivity contribution in [2.24, 2.45) is 0 Å². The molecule has 0 N–H and O–H groups in total. The fraction of sp³-hybridized carbons (Fsp3) is 0.143. The van der Waals surface area contributed by atoms with Gasteiger partial charge in [0.1, 0.15) is 0 Å². The third kappa shape index (κ3) is 2.66. The summed E-state index contributed by atoms with van der Waals surface area (Å²) in [5.74, 6) is 0. The molecule has 0 heterocycles. The fourth-order valence-electron chi connectivity index (χ4n) is 1.82. The molecule has 2 aromatic carbocycles. The topological polar surface area (TPSA) is 0 Å². The summed E-state index contributed by atoms with van der Waals surface area (Å²) < 4.78 is 3.27. The number of rotatable bonds is 2. The molecule has 0 unspecified atom stereocenters. The summed E-state index contributed by atoms with van der Waals surface area (Å²) in [5.41, 5.74) is 2.94. The molecule has 1 heteroatoms. The molecule has 2 rings (SSSR count). The van der Waals surface area contributed by atoms with Crippen LogP contribution in [0.4, 0.5) is 0 Å². The molecule has 2 aromatic rings. The van der Waals surface area contributed by atoms with Gasteiger partial charge in [0.25, 0.3) is 0 Å². The van der Waals surface area contributed by atoms with Gasteiger partial charge in [-0.15, -0.1) is 0 Å². The van der Waals surface area contributed by atoms with Gasteiger partial charge in [-0.2, -0.15) is 0 Å². The van der Waals surface area contributed by atoms with Crippen LogP contribution in [0.3, 0.4) is 0 Å². The Kier molecular flexibility index (Phi) is 3.53. The SMILES string of the molecule is Cc1cccc[c]1[InH][c]1ccccc1C. The van der Waals surface area contributed by atoms with E-state index in [0.29, 0.717) is 0 Å². The molecule has 0 amide bonds. The van der Waals surface area contributed by atoms with Gasteiger partial charge < -0.3 is 0 Å². The van der Waals surface area contributed by atoms with Crippen LogP contribution in [0.1, 0.15) is 11.1 Å². The Balaban J connectivity index is 2.30. The molecule has 15 heavy (non-hydrogen) atoms. The van der Waals surface area contributed by atoms with Crippen molar-refractivity contribution in [2.45, 2.75) is 13.8 Å². The summed E-state index contributed by atoms with van der Waals surface area (Å²) in [6.07, 6.45) is 0. The average Bonchev–Trinajstić information content (AvgIpc) is 2.24. The van der Waals surface area contributed by atoms with Crippen molar-refractivity contribution < 1.29 is 0 Å². The Morgan fingerprint density at radius 2 is 1.07 bits per heavy atom. The quantitative estimate of drug-likeness (QED) is 0.791. The molecule has 0 fully saturated rings. The van der Waals surface area contributed by atoms with Crippen LogP contribution >= 0.6 is 0 Å². The van der Waals surface area contributed by atoms with Crippen LogP contribution in [0, 0.1) is 13.8 Å². The normalized spacial score (nSPS) is 10.0. The zero-order chi connectivity index (χ0) is 10.7. The molecular weight excluding hydrogens is 283 g/mol. The molecule has 0 aliphatic carbocycles. The van der Waals surface area contributed by atoms with E-state index in [4.69, 9.17) is 0 Å². The van der Waals surface area contributed by atoms with Gasteiger partial charge in [-0.05, 0) is 0 Å². The average molecular weight is 298 g/mol. The van der Waals surface area contributed by atoms with Crippen LogP contribution in [0.25, 0.3) is 0 Å². The first kappa shape index (κ1) is 10.8. The van der Waals surface area contributed by atoms with Crippen molar-refractivity contribution in [1.82, 2.24) is 0 Å². The Hall–Kier alpha value is -0.690. The molecule has 0 nitrogen and oxygen atoms in total. The number of hydrogen-bond donors (Lipinski definition) is 0. The molecule has 0 saturated carbocycles. The van der Waals surface area contributed by atoms with Crippen LogP contribution in [0.15, 0.2) is 48.5 Å². The van der Waals surface area contributed by atoms with E-state index in [0.717, 1.165) is 0 Å². The van der Waals surface area contributed by atoms with E-state index in [2.05, 4.69) is 62.4 Å². The second-order valence-corrected chi connectivity index (χ2v) is 9.39. The fourth-order valence-corrected chi connectivity index (χ4v) is 6.71. The Morgan fingerprint density at radius 3 is 1.47 bits per heavy atom. The first-order valence-electron chi connectivity index (χ1n) is 5.36. The third-order valence-electron chi connectivity index (χ3n) is 2.90. The molecular formula is C14H15In. The van der Waals surface area contributed by atoms with Gasteiger partial charge in [-0.25, -0.2) is 0 Å². The molecule has 0 aliphatic rings. The van der Waals surface area contributed by atoms with Gasteiger partial charge in [-0.3, -0.25) is 0 Å². The van der Waals surface area contributed by atoms with Gasteiger partial charge in [0.2, 0.25) is 0 Å². The first-order chi connectivity index (χ1) is 7.27. The van der Waals surface area contributed by atoms with Crippen LogP contribution in [0.5, 0.6) is 0 Å². The Morgan fingerprint density at radius 1 is 0.667 bits per heavy atom. The Labute approximate surface area is 103 Å². The molecule has 0 bridgehead atoms. The van der Waals surface area contributed by atoms with Crippen LogP contribution in [0.2, 0.25) is 0 Å². The summed E-state index contributed by atoms with van der Waals surface area (Å²) in [5, 5.41) is 0. The van der Waals surface area contributed by atoms with Gasteiger partial charge in [-0.1, -0.05) is 0 Å². The summed E-state index contributed by atoms with van der Waals surface area (Å²) in [4.78, 5) is 0. The van der Waals surface area contributed by atoms with E-state index in [-0.39, 0.29) is 0 Å². The van der Waals surface area contributed by atoms with Gasteiger partial charge >= 0.3 is 103 Å². The number of aryl methyl sites for hydroxylation is 2. The van der Waals surface area contributed by atoms with E-state index >= 15 is 0 Å². The summed E-state index contributed by atoms with van der Waals surface area (Å²) in [7, 11) is 0. The molecule has 0 saturated heterocycles. The molecule has 0 atom stereocenters. The van der Waals surface area contributed by atoms with Crippen molar-refractivity contribution in [3.05, 3.63) is 59.7 Å². The maximum absolute atomic E-state index is 2.30. The molecule has 0 aromatic heterocycles. The van der Waals surface area contributed by atoms with Crippen molar-refractivity contribution in [3.63, 3.8) is 0 Å². The Bertz CT molecular complexity index is 417. The predicted octanol–water partition coefficient (Wildman–Crippen LogP) is 1.69. The molecule has 0 spiro atoms. The van der Waals surface area contributed by atoms with E-state index in [1.807, 2.05) is 0 Å². The third-order valence-corrected chi connectivity index (χ3v) is 9.61. The van der Waals surface area contributed by atoms with Crippen LogP contribution < -0.4 is 6.64 Å². The van der Waals surface area contributed by atoms with E-state index in [1.54, 1.807) is 6.64 Å². The molecule has 74 valence electrons. The van der Waals surface area contributed by atoms with Gasteiger partial charge in [0, 0.05) is 0 Å². The summed E-state index contributed by atoms with van der Waals surface area (Å²) in [6, 6.07) is 17.6. The predicted molar refractivity (Wildman–Crippen MR) is 68.8 cm³/mol. The van der Waals surface area contributed by atoms with Crippen molar-refractivity contribution in [2.75, 3.05) is 0 Å². The minimum absolute atomic E-state index is 0.975. The van der Waals surface area contributed by atoms with E-state index < -0.39 is 22.9 Å². The van der Waals surface area contributed by atoms with Crippen LogP contribution in [-0.4, -0.2) is 22.9 Å². The second-order valence-electron chi connectivity index (χ2n) is 4.03. The monoisotopic (exact) mass is 298 g/mol. The zero-order valence-electron chi connectivity index (χ0n) is 9.33. The maximum atomic E-state index is 2.30. The molecule has 0 radical (unpaired) electrons. The minimum atomic E-state index is -0.975. The van der Waals surface area contributed by atoms with E-state index in [1.165, 1.54) is 11.1 Å². The van der Waals surface area contributed by atoms with Crippen molar-refractivity contribution in [1.29, 1.82) is 0 Å². The zero-order valence-corrected chi connectivity index (χ0v) is 13.4. The number of hydrogen-bond acceptors (Lipinski definition) is 0. The molecule has 0 aliphatic heterocycles. The standard InChI is InChI=1S/2C7H7.In.H/c2*1-7-5-3-2-4-6-7;;/h2*2-5H,1H3;;. The van der Waals surface area contributed by atoms with Crippen molar-refractivity contribution >= 4 is 29.5 Å². The second kappa shape index (κ2) is 4.89. The van der Waals surface area contributed by atoms with Crippen LogP contribution in [-0.2, 0) is 0 Å². The van der Waals surface area contributed by atoms with Gasteiger partial charge in [0.05, 0.1) is 0 Å². The van der Waals surface area contributed by atoms with Crippen molar-refractivity contribution in [3.8, 4) is 0 Å². The number of benzene rings is 2. The summed E-state index contributed by atoms with van der Waals surface area (Å²) >= 11 is -0.975. The van der Waals surface area contributed by atoms with Gasteiger partial charge in [0.15, 0.2) is 0 Å². The first-order valence-corrected chi connectivity index (χ1v) is 9.40. The summed E-state index contributed by atoms with van der Waals surface area (Å²) in [6.45, 7) is 4.45.